The van der Waals surface area contributed by atoms with Gasteiger partial charge in [0.1, 0.15) is 17.2 Å². The Hall–Kier alpha value is -3.58. The first-order valence-electron chi connectivity index (χ1n) is 9.25. The van der Waals surface area contributed by atoms with E-state index in [0.717, 1.165) is 16.3 Å². The van der Waals surface area contributed by atoms with E-state index in [4.69, 9.17) is 14.2 Å². The lowest BCUT2D eigenvalue weighted by molar-refractivity contribution is -0.118. The summed E-state index contributed by atoms with van der Waals surface area (Å²) >= 11 is 1.33. The highest BCUT2D eigenvalue weighted by molar-refractivity contribution is 7.14. The minimum Gasteiger partial charge on any atom is -0.497 e. The number of benzene rings is 3. The quantitative estimate of drug-likeness (QED) is 0.456. The number of carbonyl (C=O) groups is 1. The van der Waals surface area contributed by atoms with Gasteiger partial charge in [-0.05, 0) is 41.1 Å². The van der Waals surface area contributed by atoms with Crippen molar-refractivity contribution in [3.05, 3.63) is 66.0 Å². The minimum absolute atomic E-state index is 0.101. The molecule has 1 N–H and O–H groups in total. The van der Waals surface area contributed by atoms with Gasteiger partial charge in [0.2, 0.25) is 0 Å². The highest BCUT2D eigenvalue weighted by Gasteiger charge is 2.13. The number of hydrogen-bond acceptors (Lipinski definition) is 6. The van der Waals surface area contributed by atoms with Crippen molar-refractivity contribution in [1.29, 1.82) is 0 Å². The van der Waals surface area contributed by atoms with Gasteiger partial charge in [0.05, 0.1) is 19.9 Å². The molecule has 0 aliphatic carbocycles. The van der Waals surface area contributed by atoms with Crippen LogP contribution in [0, 0.1) is 0 Å². The van der Waals surface area contributed by atoms with Gasteiger partial charge in [0.25, 0.3) is 5.91 Å². The number of nitrogens with one attached hydrogen (secondary N) is 1. The van der Waals surface area contributed by atoms with Gasteiger partial charge in [-0.3, -0.25) is 10.1 Å². The van der Waals surface area contributed by atoms with Crippen LogP contribution in [-0.4, -0.2) is 31.7 Å². The molecular weight excluding hydrogens is 400 g/mol. The third kappa shape index (κ3) is 4.36. The first-order valence-corrected chi connectivity index (χ1v) is 10.1. The molecule has 0 atom stereocenters. The number of hydrogen-bond donors (Lipinski definition) is 1. The second kappa shape index (κ2) is 8.84. The van der Waals surface area contributed by atoms with Crippen molar-refractivity contribution in [3.8, 4) is 28.5 Å². The predicted molar refractivity (Wildman–Crippen MR) is 119 cm³/mol. The van der Waals surface area contributed by atoms with Gasteiger partial charge in [-0.15, -0.1) is 11.3 Å². The second-order valence-corrected chi connectivity index (χ2v) is 7.31. The number of rotatable bonds is 7. The van der Waals surface area contributed by atoms with E-state index in [1.165, 1.54) is 11.3 Å². The van der Waals surface area contributed by atoms with Gasteiger partial charge in [-0.2, -0.15) is 0 Å². The highest BCUT2D eigenvalue weighted by Crippen LogP contribution is 2.35. The van der Waals surface area contributed by atoms with Crippen molar-refractivity contribution in [2.24, 2.45) is 0 Å². The molecule has 6 nitrogen and oxygen atoms in total. The molecule has 152 valence electrons. The molecule has 0 unspecified atom stereocenters. The summed E-state index contributed by atoms with van der Waals surface area (Å²) in [4.78, 5) is 16.8. The van der Waals surface area contributed by atoms with Crippen molar-refractivity contribution < 1.29 is 19.0 Å². The summed E-state index contributed by atoms with van der Waals surface area (Å²) in [6, 6.07) is 19.2. The van der Waals surface area contributed by atoms with E-state index in [-0.39, 0.29) is 12.5 Å². The fourth-order valence-electron chi connectivity index (χ4n) is 3.03. The molecular formula is C23H20N2O4S. The Morgan fingerprint density at radius 2 is 1.77 bits per heavy atom. The predicted octanol–water partition coefficient (Wildman–Crippen LogP) is 5.00. The lowest BCUT2D eigenvalue weighted by Crippen LogP contribution is -2.20. The second-order valence-electron chi connectivity index (χ2n) is 6.45. The number of carbonyl (C=O) groups excluding carboxylic acids is 1. The van der Waals surface area contributed by atoms with Crippen LogP contribution in [0.15, 0.2) is 66.0 Å². The molecule has 0 bridgehead atoms. The molecule has 30 heavy (non-hydrogen) atoms. The number of fused-ring (bicyclic) bond motifs is 1. The van der Waals surface area contributed by atoms with Gasteiger partial charge in [0.15, 0.2) is 11.7 Å². The fraction of sp³-hybridized carbons (Fsp3) is 0.130. The van der Waals surface area contributed by atoms with Gasteiger partial charge >= 0.3 is 0 Å². The zero-order valence-corrected chi connectivity index (χ0v) is 17.4. The molecule has 0 saturated carbocycles. The molecule has 0 radical (unpaired) electrons. The average molecular weight is 420 g/mol. The number of ether oxygens (including phenoxy) is 3. The van der Waals surface area contributed by atoms with Crippen LogP contribution in [0.1, 0.15) is 0 Å². The summed E-state index contributed by atoms with van der Waals surface area (Å²) in [7, 11) is 3.21. The van der Waals surface area contributed by atoms with E-state index in [1.54, 1.807) is 14.2 Å². The fourth-order valence-corrected chi connectivity index (χ4v) is 3.76. The molecule has 1 aromatic heterocycles. The highest BCUT2D eigenvalue weighted by atomic mass is 32.1. The molecule has 1 heterocycles. The van der Waals surface area contributed by atoms with Crippen LogP contribution in [0.2, 0.25) is 0 Å². The molecule has 0 aliphatic heterocycles. The normalized spacial score (nSPS) is 10.6. The molecule has 0 saturated heterocycles. The SMILES string of the molecule is COc1ccc(OC)c(-c2csc(NC(=O)COc3ccc4ccccc4c3)n2)c1. The van der Waals surface area contributed by atoms with E-state index < -0.39 is 0 Å². The third-order valence-corrected chi connectivity index (χ3v) is 5.28. The van der Waals surface area contributed by atoms with Gasteiger partial charge in [0, 0.05) is 10.9 Å². The third-order valence-electron chi connectivity index (χ3n) is 4.52. The Balaban J connectivity index is 1.41. The van der Waals surface area contributed by atoms with Crippen LogP contribution < -0.4 is 19.5 Å². The number of thiazole rings is 1. The van der Waals surface area contributed by atoms with Gasteiger partial charge < -0.3 is 14.2 Å². The summed E-state index contributed by atoms with van der Waals surface area (Å²) < 4.78 is 16.3. The zero-order valence-electron chi connectivity index (χ0n) is 16.5. The molecule has 4 rings (SSSR count). The van der Waals surface area contributed by atoms with Crippen LogP contribution >= 0.6 is 11.3 Å². The first-order chi connectivity index (χ1) is 14.7. The summed E-state index contributed by atoms with van der Waals surface area (Å²) in [6.45, 7) is -0.101. The van der Waals surface area contributed by atoms with Crippen molar-refractivity contribution in [2.75, 3.05) is 26.1 Å². The van der Waals surface area contributed by atoms with E-state index in [2.05, 4.69) is 10.3 Å². The van der Waals surface area contributed by atoms with Crippen molar-refractivity contribution in [2.45, 2.75) is 0 Å². The van der Waals surface area contributed by atoms with E-state index in [9.17, 15) is 4.79 Å². The van der Waals surface area contributed by atoms with Crippen LogP contribution in [0.3, 0.4) is 0 Å². The maximum atomic E-state index is 12.3. The monoisotopic (exact) mass is 420 g/mol. The van der Waals surface area contributed by atoms with Gasteiger partial charge in [-0.25, -0.2) is 4.98 Å². The number of anilines is 1. The molecule has 0 spiro atoms. The van der Waals surface area contributed by atoms with Gasteiger partial charge in [-0.1, -0.05) is 30.3 Å². The Morgan fingerprint density at radius 1 is 0.967 bits per heavy atom. The maximum absolute atomic E-state index is 12.3. The largest absolute Gasteiger partial charge is 0.497 e. The number of methoxy groups -OCH3 is 2. The van der Waals surface area contributed by atoms with Crippen LogP contribution in [0.25, 0.3) is 22.0 Å². The summed E-state index contributed by atoms with van der Waals surface area (Å²) in [5.74, 6) is 1.75. The van der Waals surface area contributed by atoms with Crippen molar-refractivity contribution in [3.63, 3.8) is 0 Å². The van der Waals surface area contributed by atoms with Crippen LogP contribution in [-0.2, 0) is 4.79 Å². The van der Waals surface area contributed by atoms with Crippen molar-refractivity contribution >= 4 is 33.1 Å². The summed E-state index contributed by atoms with van der Waals surface area (Å²) in [6.07, 6.45) is 0. The Bertz CT molecular complexity index is 1190. The number of amides is 1. The van der Waals surface area contributed by atoms with Crippen LogP contribution in [0.5, 0.6) is 17.2 Å². The number of nitrogens with zero attached hydrogens (tertiary/aromatic N) is 1. The molecule has 3 aromatic carbocycles. The topological polar surface area (TPSA) is 69.7 Å². The molecule has 7 heteroatoms. The molecule has 4 aromatic rings. The standard InChI is InChI=1S/C23H20N2O4S/c1-27-17-9-10-21(28-2)19(12-17)20-14-30-23(24-20)25-22(26)13-29-18-8-7-15-5-3-4-6-16(15)11-18/h3-12,14H,13H2,1-2H3,(H,24,25,26). The Morgan fingerprint density at radius 3 is 2.57 bits per heavy atom. The molecule has 1 amide bonds. The Kier molecular flexibility index (Phi) is 5.81. The number of aromatic nitrogens is 1. The molecule has 0 fully saturated rings. The molecule has 0 aliphatic rings. The zero-order chi connectivity index (χ0) is 20.9. The van der Waals surface area contributed by atoms with E-state index in [1.807, 2.05) is 66.0 Å². The maximum Gasteiger partial charge on any atom is 0.264 e. The summed E-state index contributed by atoms with van der Waals surface area (Å²) in [5.41, 5.74) is 1.49. The van der Waals surface area contributed by atoms with Crippen LogP contribution in [0.4, 0.5) is 5.13 Å². The van der Waals surface area contributed by atoms with Crippen molar-refractivity contribution in [1.82, 2.24) is 4.98 Å². The lowest BCUT2D eigenvalue weighted by Gasteiger charge is -2.08. The smallest absolute Gasteiger partial charge is 0.264 e. The lowest BCUT2D eigenvalue weighted by atomic mass is 10.1. The van der Waals surface area contributed by atoms with E-state index >= 15 is 0 Å². The Labute approximate surface area is 178 Å². The van der Waals surface area contributed by atoms with E-state index in [0.29, 0.717) is 28.1 Å². The average Bonchev–Trinajstić information content (AvgIpc) is 3.25. The minimum atomic E-state index is -0.276. The summed E-state index contributed by atoms with van der Waals surface area (Å²) in [5, 5.41) is 7.31. The first kappa shape index (κ1) is 19.7.